The van der Waals surface area contributed by atoms with E-state index in [0.717, 1.165) is 34.8 Å². The first kappa shape index (κ1) is 24.9. The summed E-state index contributed by atoms with van der Waals surface area (Å²) in [6.45, 7) is 5.28. The van der Waals surface area contributed by atoms with Crippen molar-refractivity contribution in [1.82, 2.24) is 24.6 Å². The number of hydrogen-bond acceptors (Lipinski definition) is 5. The Hall–Kier alpha value is -3.78. The predicted octanol–water partition coefficient (Wildman–Crippen LogP) is 5.49. The van der Waals surface area contributed by atoms with Gasteiger partial charge in [-0.05, 0) is 44.4 Å². The molecular formula is C29H31N5O2S. The lowest BCUT2D eigenvalue weighted by molar-refractivity contribution is 0.0712. The maximum atomic E-state index is 13.3. The van der Waals surface area contributed by atoms with E-state index in [1.165, 1.54) is 0 Å². The van der Waals surface area contributed by atoms with E-state index in [4.69, 9.17) is 4.98 Å². The second-order valence-electron chi connectivity index (χ2n) is 9.53. The van der Waals surface area contributed by atoms with Gasteiger partial charge in [0.1, 0.15) is 5.69 Å². The highest BCUT2D eigenvalue weighted by Crippen LogP contribution is 2.32. The number of rotatable bonds is 6. The van der Waals surface area contributed by atoms with Crippen LogP contribution in [0.1, 0.15) is 68.8 Å². The predicted molar refractivity (Wildman–Crippen MR) is 145 cm³/mol. The van der Waals surface area contributed by atoms with Gasteiger partial charge in [0, 0.05) is 31.4 Å². The van der Waals surface area contributed by atoms with Gasteiger partial charge >= 0.3 is 0 Å². The first-order valence-corrected chi connectivity index (χ1v) is 13.5. The highest BCUT2D eigenvalue weighted by atomic mass is 32.1. The molecule has 1 aliphatic rings. The standard InChI is InChI=1S/C29H31N5O2S/c1-20(22-10-6-4-7-11-22)32(3)29(36)26-19-37-27(31-26)23-14-16-33(17-15-23)28(35)25-18-30-34(21(25)2)24-12-8-5-9-13-24/h4-13,18-20,23H,14-17H2,1-3H3. The largest absolute Gasteiger partial charge is 0.338 e. The summed E-state index contributed by atoms with van der Waals surface area (Å²) in [6.07, 6.45) is 3.33. The Balaban J connectivity index is 1.21. The first-order chi connectivity index (χ1) is 17.9. The molecule has 2 amide bonds. The summed E-state index contributed by atoms with van der Waals surface area (Å²) in [5.41, 5.74) is 4.01. The number of likely N-dealkylation sites (tertiary alicyclic amines) is 1. The van der Waals surface area contributed by atoms with Crippen LogP contribution in [0, 0.1) is 6.92 Å². The van der Waals surface area contributed by atoms with Crippen LogP contribution in [0.25, 0.3) is 5.69 Å². The smallest absolute Gasteiger partial charge is 0.273 e. The molecule has 1 aliphatic heterocycles. The van der Waals surface area contributed by atoms with E-state index in [9.17, 15) is 9.59 Å². The quantitative estimate of drug-likeness (QED) is 0.342. The molecule has 1 saturated heterocycles. The van der Waals surface area contributed by atoms with Gasteiger partial charge < -0.3 is 9.80 Å². The summed E-state index contributed by atoms with van der Waals surface area (Å²) in [5.74, 6) is 0.197. The van der Waals surface area contributed by atoms with Crippen LogP contribution < -0.4 is 0 Å². The molecule has 1 atom stereocenters. The third-order valence-corrected chi connectivity index (χ3v) is 8.30. The average molecular weight is 514 g/mol. The highest BCUT2D eigenvalue weighted by Gasteiger charge is 2.29. The molecule has 2 aromatic heterocycles. The van der Waals surface area contributed by atoms with Crippen molar-refractivity contribution in [3.05, 3.63) is 99.8 Å². The fourth-order valence-electron chi connectivity index (χ4n) is 4.83. The summed E-state index contributed by atoms with van der Waals surface area (Å²) in [4.78, 5) is 34.7. The lowest BCUT2D eigenvalue weighted by Gasteiger charge is -2.31. The van der Waals surface area contributed by atoms with Gasteiger partial charge in [0.15, 0.2) is 0 Å². The Bertz CT molecular complexity index is 1370. The topological polar surface area (TPSA) is 71.3 Å². The summed E-state index contributed by atoms with van der Waals surface area (Å²) < 4.78 is 1.81. The van der Waals surface area contributed by atoms with Gasteiger partial charge in [-0.3, -0.25) is 9.59 Å². The van der Waals surface area contributed by atoms with Crippen LogP contribution in [0.15, 0.2) is 72.2 Å². The minimum Gasteiger partial charge on any atom is -0.338 e. The van der Waals surface area contributed by atoms with Gasteiger partial charge in [-0.15, -0.1) is 11.3 Å². The van der Waals surface area contributed by atoms with Crippen LogP contribution in [-0.2, 0) is 0 Å². The maximum absolute atomic E-state index is 13.3. The number of para-hydroxylation sites is 1. The molecule has 190 valence electrons. The van der Waals surface area contributed by atoms with Crippen molar-refractivity contribution in [2.75, 3.05) is 20.1 Å². The molecule has 0 radical (unpaired) electrons. The van der Waals surface area contributed by atoms with Crippen molar-refractivity contribution in [3.8, 4) is 5.69 Å². The van der Waals surface area contributed by atoms with Gasteiger partial charge in [0.05, 0.1) is 34.2 Å². The zero-order valence-corrected chi connectivity index (χ0v) is 22.2. The van der Waals surface area contributed by atoms with Gasteiger partial charge in [-0.1, -0.05) is 48.5 Å². The van der Waals surface area contributed by atoms with Crippen molar-refractivity contribution >= 4 is 23.2 Å². The van der Waals surface area contributed by atoms with E-state index in [-0.39, 0.29) is 23.8 Å². The van der Waals surface area contributed by atoms with Crippen LogP contribution in [0.3, 0.4) is 0 Å². The maximum Gasteiger partial charge on any atom is 0.273 e. The molecule has 0 bridgehead atoms. The van der Waals surface area contributed by atoms with Gasteiger partial charge in [-0.25, -0.2) is 9.67 Å². The van der Waals surface area contributed by atoms with E-state index in [1.54, 1.807) is 22.4 Å². The van der Waals surface area contributed by atoms with E-state index in [0.29, 0.717) is 24.3 Å². The minimum atomic E-state index is -0.0719. The second kappa shape index (κ2) is 10.7. The third-order valence-electron chi connectivity index (χ3n) is 7.30. The number of nitrogens with zero attached hydrogens (tertiary/aromatic N) is 5. The second-order valence-corrected chi connectivity index (χ2v) is 10.4. The molecule has 0 aliphatic carbocycles. The molecule has 1 unspecified atom stereocenters. The average Bonchev–Trinajstić information content (AvgIpc) is 3.60. The van der Waals surface area contributed by atoms with E-state index >= 15 is 0 Å². The summed E-state index contributed by atoms with van der Waals surface area (Å²) >= 11 is 1.54. The van der Waals surface area contributed by atoms with Gasteiger partial charge in [0.25, 0.3) is 11.8 Å². The van der Waals surface area contributed by atoms with E-state index < -0.39 is 0 Å². The lowest BCUT2D eigenvalue weighted by atomic mass is 9.97. The summed E-state index contributed by atoms with van der Waals surface area (Å²) in [6, 6.07) is 19.8. The molecule has 2 aromatic carbocycles. The lowest BCUT2D eigenvalue weighted by Crippen LogP contribution is -2.38. The van der Waals surface area contributed by atoms with Crippen molar-refractivity contribution in [3.63, 3.8) is 0 Å². The van der Waals surface area contributed by atoms with Gasteiger partial charge in [0.2, 0.25) is 0 Å². The Labute approximate surface area is 221 Å². The number of carbonyl (C=O) groups is 2. The fourth-order valence-corrected chi connectivity index (χ4v) is 5.80. The van der Waals surface area contributed by atoms with Crippen molar-refractivity contribution in [2.45, 2.75) is 38.6 Å². The van der Waals surface area contributed by atoms with Crippen molar-refractivity contribution in [1.29, 1.82) is 0 Å². The molecule has 8 heteroatoms. The zero-order valence-electron chi connectivity index (χ0n) is 21.4. The number of hydrogen-bond donors (Lipinski definition) is 0. The Morgan fingerprint density at radius 3 is 2.35 bits per heavy atom. The molecule has 37 heavy (non-hydrogen) atoms. The Kier molecular flexibility index (Phi) is 7.19. The first-order valence-electron chi connectivity index (χ1n) is 12.6. The molecule has 3 heterocycles. The number of aromatic nitrogens is 3. The molecule has 0 saturated carbocycles. The SMILES string of the molecule is Cc1c(C(=O)N2CCC(c3nc(C(=O)N(C)C(C)c4ccccc4)cs3)CC2)cnn1-c1ccccc1. The van der Waals surface area contributed by atoms with Crippen molar-refractivity contribution < 1.29 is 9.59 Å². The van der Waals surface area contributed by atoms with Crippen LogP contribution in [0.4, 0.5) is 0 Å². The van der Waals surface area contributed by atoms with E-state index in [1.807, 2.05) is 96.5 Å². The highest BCUT2D eigenvalue weighted by molar-refractivity contribution is 7.09. The summed E-state index contributed by atoms with van der Waals surface area (Å²) in [5, 5.41) is 7.30. The van der Waals surface area contributed by atoms with Crippen LogP contribution in [-0.4, -0.2) is 56.5 Å². The minimum absolute atomic E-state index is 0.0182. The van der Waals surface area contributed by atoms with Crippen molar-refractivity contribution in [2.24, 2.45) is 0 Å². The Morgan fingerprint density at radius 1 is 1.03 bits per heavy atom. The normalized spacial score (nSPS) is 14.9. The molecular weight excluding hydrogens is 482 g/mol. The molecule has 5 rings (SSSR count). The molecule has 0 spiro atoms. The fraction of sp³-hybridized carbons (Fsp3) is 0.310. The number of carbonyl (C=O) groups excluding carboxylic acids is 2. The van der Waals surface area contributed by atoms with Crippen LogP contribution in [0.5, 0.6) is 0 Å². The monoisotopic (exact) mass is 513 g/mol. The molecule has 0 N–H and O–H groups in total. The number of thiazole rings is 1. The zero-order chi connectivity index (χ0) is 25.9. The summed E-state index contributed by atoms with van der Waals surface area (Å²) in [7, 11) is 1.82. The third kappa shape index (κ3) is 5.06. The van der Waals surface area contributed by atoms with Crippen LogP contribution >= 0.6 is 11.3 Å². The molecule has 4 aromatic rings. The number of amides is 2. The molecule has 7 nitrogen and oxygen atoms in total. The Morgan fingerprint density at radius 2 is 1.68 bits per heavy atom. The number of benzene rings is 2. The number of piperidine rings is 1. The molecule has 1 fully saturated rings. The van der Waals surface area contributed by atoms with E-state index in [2.05, 4.69) is 5.10 Å². The van der Waals surface area contributed by atoms with Gasteiger partial charge in [-0.2, -0.15) is 5.10 Å². The van der Waals surface area contributed by atoms with Crippen LogP contribution in [0.2, 0.25) is 0 Å².